The third kappa shape index (κ3) is 5.00. The van der Waals surface area contributed by atoms with Gasteiger partial charge >= 0.3 is 6.18 Å². The summed E-state index contributed by atoms with van der Waals surface area (Å²) < 4.78 is 58.7. The SMILES string of the molecule is C[C@@H]1CCCN(C(=O)c2cccc(F)c2-c2ncccn2)[C@@H]1COc1ccc(C(F)(F)F)cn1. The molecule has 3 aromatic rings. The molecule has 10 heteroatoms. The molecular formula is C24H22F4N4O2. The Bertz CT molecular complexity index is 1140. The van der Waals surface area contributed by atoms with Crippen LogP contribution < -0.4 is 4.74 Å². The van der Waals surface area contributed by atoms with Gasteiger partial charge in [0.2, 0.25) is 5.88 Å². The Hall–Kier alpha value is -3.56. The van der Waals surface area contributed by atoms with Crippen molar-refractivity contribution in [2.75, 3.05) is 13.2 Å². The maximum atomic E-state index is 14.8. The van der Waals surface area contributed by atoms with Crippen LogP contribution in [0.1, 0.15) is 35.7 Å². The van der Waals surface area contributed by atoms with Crippen molar-refractivity contribution in [1.82, 2.24) is 19.9 Å². The van der Waals surface area contributed by atoms with Crippen molar-refractivity contribution in [2.45, 2.75) is 32.0 Å². The number of pyridine rings is 1. The topological polar surface area (TPSA) is 68.2 Å². The number of hydrogen-bond acceptors (Lipinski definition) is 5. The molecule has 1 fully saturated rings. The van der Waals surface area contributed by atoms with Gasteiger partial charge in [-0.15, -0.1) is 0 Å². The zero-order valence-corrected chi connectivity index (χ0v) is 18.3. The third-order valence-electron chi connectivity index (χ3n) is 5.88. The van der Waals surface area contributed by atoms with E-state index in [1.807, 2.05) is 6.92 Å². The molecule has 178 valence electrons. The van der Waals surface area contributed by atoms with Crippen LogP contribution in [0, 0.1) is 11.7 Å². The van der Waals surface area contributed by atoms with Crippen LogP contribution in [0.3, 0.4) is 0 Å². The summed E-state index contributed by atoms with van der Waals surface area (Å²) in [6, 6.07) is 7.51. The third-order valence-corrected chi connectivity index (χ3v) is 5.88. The average Bonchev–Trinajstić information content (AvgIpc) is 2.83. The Morgan fingerprint density at radius 2 is 1.88 bits per heavy atom. The lowest BCUT2D eigenvalue weighted by Gasteiger charge is -2.40. The molecule has 1 aromatic carbocycles. The van der Waals surface area contributed by atoms with Crippen molar-refractivity contribution in [3.8, 4) is 17.3 Å². The molecule has 34 heavy (non-hydrogen) atoms. The van der Waals surface area contributed by atoms with E-state index in [0.717, 1.165) is 25.0 Å². The Morgan fingerprint density at radius 3 is 2.56 bits per heavy atom. The van der Waals surface area contributed by atoms with E-state index >= 15 is 0 Å². The van der Waals surface area contributed by atoms with Gasteiger partial charge in [-0.05, 0) is 43.0 Å². The van der Waals surface area contributed by atoms with Crippen LogP contribution in [-0.2, 0) is 6.18 Å². The second-order valence-electron chi connectivity index (χ2n) is 8.11. The number of nitrogens with zero attached hydrogens (tertiary/aromatic N) is 4. The molecule has 2 atom stereocenters. The van der Waals surface area contributed by atoms with Gasteiger partial charge in [-0.1, -0.05) is 13.0 Å². The number of benzene rings is 1. The van der Waals surface area contributed by atoms with Gasteiger partial charge in [0.1, 0.15) is 12.4 Å². The monoisotopic (exact) mass is 474 g/mol. The number of hydrogen-bond donors (Lipinski definition) is 0. The van der Waals surface area contributed by atoms with Gasteiger partial charge in [0.25, 0.3) is 5.91 Å². The Balaban J connectivity index is 1.57. The molecule has 1 aliphatic rings. The van der Waals surface area contributed by atoms with Crippen molar-refractivity contribution in [3.05, 3.63) is 71.9 Å². The number of aromatic nitrogens is 3. The van der Waals surface area contributed by atoms with Gasteiger partial charge in [-0.25, -0.2) is 19.3 Å². The van der Waals surface area contributed by atoms with E-state index in [-0.39, 0.29) is 47.3 Å². The molecule has 0 radical (unpaired) electrons. The molecule has 0 saturated carbocycles. The number of ether oxygens (including phenoxy) is 1. The van der Waals surface area contributed by atoms with Crippen molar-refractivity contribution >= 4 is 5.91 Å². The molecular weight excluding hydrogens is 452 g/mol. The van der Waals surface area contributed by atoms with Gasteiger partial charge in [0.05, 0.1) is 22.7 Å². The van der Waals surface area contributed by atoms with E-state index in [9.17, 15) is 22.4 Å². The first-order valence-corrected chi connectivity index (χ1v) is 10.8. The molecule has 4 rings (SSSR count). The van der Waals surface area contributed by atoms with Crippen LogP contribution in [0.5, 0.6) is 5.88 Å². The molecule has 0 unspecified atom stereocenters. The lowest BCUT2D eigenvalue weighted by molar-refractivity contribution is -0.137. The predicted molar refractivity (Wildman–Crippen MR) is 115 cm³/mol. The minimum Gasteiger partial charge on any atom is -0.475 e. The number of halogens is 4. The first-order valence-electron chi connectivity index (χ1n) is 10.8. The summed E-state index contributed by atoms with van der Waals surface area (Å²) in [7, 11) is 0. The number of rotatable bonds is 5. The smallest absolute Gasteiger partial charge is 0.417 e. The first kappa shape index (κ1) is 23.6. The number of carbonyl (C=O) groups is 1. The largest absolute Gasteiger partial charge is 0.475 e. The van der Waals surface area contributed by atoms with Gasteiger partial charge in [0, 0.05) is 31.2 Å². The Labute approximate surface area is 193 Å². The predicted octanol–water partition coefficient (Wildman–Crippen LogP) is 5.02. The summed E-state index contributed by atoms with van der Waals surface area (Å²) in [5.74, 6) is -0.804. The molecule has 3 heterocycles. The molecule has 2 aromatic heterocycles. The highest BCUT2D eigenvalue weighted by atomic mass is 19.4. The molecule has 0 N–H and O–H groups in total. The minimum atomic E-state index is -4.49. The Kier molecular flexibility index (Phi) is 6.76. The number of alkyl halides is 3. The summed E-state index contributed by atoms with van der Waals surface area (Å²) in [6.07, 6.45) is 0.767. The molecule has 0 bridgehead atoms. The molecule has 0 spiro atoms. The maximum Gasteiger partial charge on any atom is 0.417 e. The van der Waals surface area contributed by atoms with Crippen molar-refractivity contribution in [1.29, 1.82) is 0 Å². The number of carbonyl (C=O) groups excluding carboxylic acids is 1. The standard InChI is InChI=1S/C24H22F4N4O2/c1-15-5-3-12-32(19(15)14-34-20-9-8-16(13-31-20)24(26,27)28)23(33)17-6-2-7-18(25)21(17)22-29-10-4-11-30-22/h2,4,6-11,13,15,19H,3,5,12,14H2,1H3/t15-,19-/m1/s1. The van der Waals surface area contributed by atoms with Gasteiger partial charge in [0.15, 0.2) is 5.82 Å². The Morgan fingerprint density at radius 1 is 1.12 bits per heavy atom. The molecule has 1 aliphatic heterocycles. The second kappa shape index (κ2) is 9.74. The minimum absolute atomic E-state index is 0.0235. The lowest BCUT2D eigenvalue weighted by atomic mass is 9.90. The summed E-state index contributed by atoms with van der Waals surface area (Å²) >= 11 is 0. The summed E-state index contributed by atoms with van der Waals surface area (Å²) in [5.41, 5.74) is -0.710. The fraction of sp³-hybridized carbons (Fsp3) is 0.333. The van der Waals surface area contributed by atoms with E-state index in [1.54, 1.807) is 11.0 Å². The van der Waals surface area contributed by atoms with Crippen LogP contribution in [0.4, 0.5) is 17.6 Å². The quantitative estimate of drug-likeness (QED) is 0.486. The van der Waals surface area contributed by atoms with E-state index in [0.29, 0.717) is 12.7 Å². The summed E-state index contributed by atoms with van der Waals surface area (Å²) in [6.45, 7) is 2.45. The number of likely N-dealkylation sites (tertiary alicyclic amines) is 1. The molecule has 6 nitrogen and oxygen atoms in total. The second-order valence-corrected chi connectivity index (χ2v) is 8.11. The van der Waals surface area contributed by atoms with Gasteiger partial charge in [-0.3, -0.25) is 4.79 Å². The van der Waals surface area contributed by atoms with Crippen molar-refractivity contribution < 1.29 is 27.1 Å². The molecule has 0 aliphatic carbocycles. The van der Waals surface area contributed by atoms with Crippen LogP contribution >= 0.6 is 0 Å². The zero-order valence-electron chi connectivity index (χ0n) is 18.3. The van der Waals surface area contributed by atoms with Gasteiger partial charge in [-0.2, -0.15) is 13.2 Å². The average molecular weight is 474 g/mol. The molecule has 1 amide bonds. The maximum absolute atomic E-state index is 14.8. The highest BCUT2D eigenvalue weighted by Gasteiger charge is 2.35. The van der Waals surface area contributed by atoms with E-state index < -0.39 is 17.6 Å². The zero-order chi connectivity index (χ0) is 24.3. The number of piperidine rings is 1. The highest BCUT2D eigenvalue weighted by Crippen LogP contribution is 2.31. The first-order chi connectivity index (χ1) is 16.3. The highest BCUT2D eigenvalue weighted by molar-refractivity contribution is 6.00. The number of amides is 1. The lowest BCUT2D eigenvalue weighted by Crippen LogP contribution is -2.50. The fourth-order valence-corrected chi connectivity index (χ4v) is 4.07. The molecule has 1 saturated heterocycles. The fourth-order valence-electron chi connectivity index (χ4n) is 4.07. The van der Waals surface area contributed by atoms with Crippen LogP contribution in [0.25, 0.3) is 11.4 Å². The summed E-state index contributed by atoms with van der Waals surface area (Å²) in [5, 5.41) is 0. The normalized spacial score (nSPS) is 18.6. The van der Waals surface area contributed by atoms with Crippen LogP contribution in [-0.4, -0.2) is 45.0 Å². The van der Waals surface area contributed by atoms with E-state index in [1.165, 1.54) is 30.6 Å². The van der Waals surface area contributed by atoms with Crippen molar-refractivity contribution in [3.63, 3.8) is 0 Å². The van der Waals surface area contributed by atoms with Crippen LogP contribution in [0.15, 0.2) is 55.0 Å². The van der Waals surface area contributed by atoms with Crippen molar-refractivity contribution in [2.24, 2.45) is 5.92 Å². The van der Waals surface area contributed by atoms with Crippen LogP contribution in [0.2, 0.25) is 0 Å². The van der Waals surface area contributed by atoms with E-state index in [2.05, 4.69) is 15.0 Å². The van der Waals surface area contributed by atoms with Gasteiger partial charge < -0.3 is 9.64 Å². The summed E-state index contributed by atoms with van der Waals surface area (Å²) in [4.78, 5) is 27.1. The van der Waals surface area contributed by atoms with E-state index in [4.69, 9.17) is 4.74 Å².